The number of hydrogen-bond acceptors (Lipinski definition) is 8. The summed E-state index contributed by atoms with van der Waals surface area (Å²) in [6.07, 6.45) is 0. The first kappa shape index (κ1) is 35.4. The molecule has 3 aromatic carbocycles. The Hall–Kier alpha value is -2.82. The van der Waals surface area contributed by atoms with E-state index in [0.29, 0.717) is 50.8 Å². The van der Waals surface area contributed by atoms with Crippen molar-refractivity contribution in [1.29, 1.82) is 0 Å². The lowest BCUT2D eigenvalue weighted by molar-refractivity contribution is -0.884. The van der Waals surface area contributed by atoms with E-state index in [4.69, 9.17) is 19.4 Å². The molecule has 42 heavy (non-hydrogen) atoms. The van der Waals surface area contributed by atoms with Crippen molar-refractivity contribution >= 4 is 34.0 Å². The maximum Gasteiger partial charge on any atom is 0.229 e. The second-order valence-electron chi connectivity index (χ2n) is 12.0. The number of aromatic nitrogens is 2. The highest BCUT2D eigenvalue weighted by molar-refractivity contribution is 5.94. The summed E-state index contributed by atoms with van der Waals surface area (Å²) in [6, 6.07) is 14.5. The van der Waals surface area contributed by atoms with Crippen LogP contribution in [-0.4, -0.2) is 85.7 Å². The molecule has 0 saturated carbocycles. The SMILES string of the molecule is COc1cc2nc(Nc3ccc(O)c(C[N+](C)(C)C)c3)nc(Nc3ccc(O)c(C[N+](C)(C)C)c3)c2cc1OC.[I-].[I-]. The number of rotatable bonds is 10. The zero-order chi connectivity index (χ0) is 29.2. The third-order valence-electron chi connectivity index (χ3n) is 6.17. The van der Waals surface area contributed by atoms with Crippen LogP contribution in [0.25, 0.3) is 10.9 Å². The Morgan fingerprint density at radius 2 is 1.14 bits per heavy atom. The van der Waals surface area contributed by atoms with E-state index >= 15 is 0 Å². The van der Waals surface area contributed by atoms with Crippen molar-refractivity contribution in [2.24, 2.45) is 0 Å². The number of ether oxygens (including phenoxy) is 2. The van der Waals surface area contributed by atoms with Crippen molar-refractivity contribution < 1.29 is 76.6 Å². The predicted molar refractivity (Wildman–Crippen MR) is 159 cm³/mol. The van der Waals surface area contributed by atoms with Crippen LogP contribution in [0.3, 0.4) is 0 Å². The summed E-state index contributed by atoms with van der Waals surface area (Å²) in [5.41, 5.74) is 3.81. The Bertz CT molecular complexity index is 1540. The van der Waals surface area contributed by atoms with Crippen LogP contribution in [0.1, 0.15) is 11.1 Å². The molecule has 0 saturated heterocycles. The number of fused-ring (bicyclic) bond motifs is 1. The molecule has 0 radical (unpaired) electrons. The monoisotopic (exact) mass is 802 g/mol. The Morgan fingerprint density at radius 1 is 0.667 bits per heavy atom. The molecule has 12 heteroatoms. The van der Waals surface area contributed by atoms with Gasteiger partial charge in [0, 0.05) is 22.8 Å². The van der Waals surface area contributed by atoms with E-state index in [1.165, 1.54) is 0 Å². The number of anilines is 4. The van der Waals surface area contributed by atoms with E-state index in [1.54, 1.807) is 32.4 Å². The number of aromatic hydroxyl groups is 2. The van der Waals surface area contributed by atoms with Crippen molar-refractivity contribution in [3.63, 3.8) is 0 Å². The van der Waals surface area contributed by atoms with Crippen LogP contribution >= 0.6 is 0 Å². The van der Waals surface area contributed by atoms with E-state index in [1.807, 2.05) is 30.3 Å². The third kappa shape index (κ3) is 9.09. The smallest absolute Gasteiger partial charge is 0.229 e. The van der Waals surface area contributed by atoms with E-state index in [-0.39, 0.29) is 59.5 Å². The third-order valence-corrected chi connectivity index (χ3v) is 6.17. The van der Waals surface area contributed by atoms with Gasteiger partial charge in [0.05, 0.1) is 73.1 Å². The molecule has 1 heterocycles. The first-order valence-electron chi connectivity index (χ1n) is 13.0. The second-order valence-corrected chi connectivity index (χ2v) is 12.0. The van der Waals surface area contributed by atoms with E-state index in [2.05, 4.69) is 52.9 Å². The van der Waals surface area contributed by atoms with Crippen LogP contribution in [0, 0.1) is 0 Å². The predicted octanol–water partition coefficient (Wildman–Crippen LogP) is -1.03. The van der Waals surface area contributed by atoms with Gasteiger partial charge < -0.3 is 87.2 Å². The average molecular weight is 802 g/mol. The fraction of sp³-hybridized carbons (Fsp3) is 0.333. The Morgan fingerprint density at radius 3 is 1.62 bits per heavy atom. The van der Waals surface area contributed by atoms with Crippen LogP contribution in [0.5, 0.6) is 23.0 Å². The number of halogens is 2. The van der Waals surface area contributed by atoms with Gasteiger partial charge in [0.25, 0.3) is 0 Å². The number of hydrogen-bond donors (Lipinski definition) is 4. The molecule has 4 rings (SSSR count). The van der Waals surface area contributed by atoms with Gasteiger partial charge in [-0.15, -0.1) is 0 Å². The van der Waals surface area contributed by atoms with Gasteiger partial charge >= 0.3 is 0 Å². The maximum absolute atomic E-state index is 10.5. The first-order valence-corrected chi connectivity index (χ1v) is 13.0. The van der Waals surface area contributed by atoms with E-state index < -0.39 is 0 Å². The summed E-state index contributed by atoms with van der Waals surface area (Å²) in [7, 11) is 15.6. The number of methoxy groups -OCH3 is 2. The van der Waals surface area contributed by atoms with Crippen LogP contribution in [0.4, 0.5) is 23.1 Å². The number of quaternary nitrogens is 2. The molecule has 0 atom stereocenters. The highest BCUT2D eigenvalue weighted by Gasteiger charge is 2.18. The molecule has 1 aromatic heterocycles. The van der Waals surface area contributed by atoms with Gasteiger partial charge in [-0.2, -0.15) is 4.98 Å². The van der Waals surface area contributed by atoms with Crippen molar-refractivity contribution in [2.75, 3.05) is 67.1 Å². The topological polar surface area (TPSA) is 109 Å². The van der Waals surface area contributed by atoms with Crippen molar-refractivity contribution in [2.45, 2.75) is 13.1 Å². The fourth-order valence-corrected chi connectivity index (χ4v) is 4.47. The summed E-state index contributed by atoms with van der Waals surface area (Å²) < 4.78 is 12.4. The molecule has 0 aliphatic rings. The van der Waals surface area contributed by atoms with Gasteiger partial charge in [0.2, 0.25) is 5.95 Å². The lowest BCUT2D eigenvalue weighted by Crippen LogP contribution is -3.00. The lowest BCUT2D eigenvalue weighted by atomic mass is 10.1. The molecule has 4 aromatic rings. The molecule has 0 fully saturated rings. The van der Waals surface area contributed by atoms with Gasteiger partial charge in [0.15, 0.2) is 11.5 Å². The Kier molecular flexibility index (Phi) is 11.9. The molecule has 10 nitrogen and oxygen atoms in total. The second kappa shape index (κ2) is 14.1. The lowest BCUT2D eigenvalue weighted by Gasteiger charge is -2.24. The highest BCUT2D eigenvalue weighted by Crippen LogP contribution is 2.36. The number of nitrogens with one attached hydrogen (secondary N) is 2. The molecule has 0 unspecified atom stereocenters. The van der Waals surface area contributed by atoms with Crippen LogP contribution in [0.2, 0.25) is 0 Å². The Balaban J connectivity index is 0.00000308. The van der Waals surface area contributed by atoms with E-state index in [0.717, 1.165) is 27.9 Å². The van der Waals surface area contributed by atoms with Crippen LogP contribution < -0.4 is 68.1 Å². The fourth-order valence-electron chi connectivity index (χ4n) is 4.47. The average Bonchev–Trinajstić information content (AvgIpc) is 2.85. The van der Waals surface area contributed by atoms with E-state index in [9.17, 15) is 10.2 Å². The highest BCUT2D eigenvalue weighted by atomic mass is 127. The number of nitrogens with zero attached hydrogens (tertiary/aromatic N) is 4. The normalized spacial score (nSPS) is 11.3. The summed E-state index contributed by atoms with van der Waals surface area (Å²) in [5.74, 6) is 2.53. The summed E-state index contributed by atoms with van der Waals surface area (Å²) in [6.45, 7) is 1.31. The zero-order valence-electron chi connectivity index (χ0n) is 25.3. The zero-order valence-corrected chi connectivity index (χ0v) is 29.6. The van der Waals surface area contributed by atoms with Crippen molar-refractivity contribution in [3.8, 4) is 23.0 Å². The molecule has 4 N–H and O–H groups in total. The molecule has 228 valence electrons. The van der Waals surface area contributed by atoms with Gasteiger partial charge in [-0.3, -0.25) is 0 Å². The molecule has 0 aliphatic carbocycles. The van der Waals surface area contributed by atoms with Gasteiger partial charge in [0.1, 0.15) is 30.4 Å². The molecule has 0 bridgehead atoms. The molecule has 0 amide bonds. The first-order chi connectivity index (χ1) is 18.7. The summed E-state index contributed by atoms with van der Waals surface area (Å²) >= 11 is 0. The minimum absolute atomic E-state index is 0. The quantitative estimate of drug-likeness (QED) is 0.0918. The number of benzene rings is 3. The van der Waals surface area contributed by atoms with Gasteiger partial charge in [-0.25, -0.2) is 4.98 Å². The van der Waals surface area contributed by atoms with Gasteiger partial charge in [-0.05, 0) is 42.5 Å². The minimum atomic E-state index is 0. The summed E-state index contributed by atoms with van der Waals surface area (Å²) in [4.78, 5) is 9.57. The molecular weight excluding hydrogens is 762 g/mol. The van der Waals surface area contributed by atoms with Gasteiger partial charge in [-0.1, -0.05) is 0 Å². The maximum atomic E-state index is 10.5. The Labute approximate surface area is 281 Å². The standard InChI is InChI=1S/C30H38N6O4.2HI/c1-35(2,3)17-19-13-21(9-11-25(19)37)31-29-23-15-27(39-7)28(40-8)16-24(23)33-30(34-29)32-22-10-12-26(38)20(14-22)18-36(4,5)6;;/h9-16H,17-18H2,1-8H3,(H2-2,31,32,33,34,37,38);2*1H. The van der Waals surface area contributed by atoms with Crippen LogP contribution in [0.15, 0.2) is 48.5 Å². The molecule has 0 aliphatic heterocycles. The van der Waals surface area contributed by atoms with Crippen molar-refractivity contribution in [1.82, 2.24) is 9.97 Å². The number of phenolic OH excluding ortho intramolecular Hbond substituents is 2. The van der Waals surface area contributed by atoms with Crippen molar-refractivity contribution in [3.05, 3.63) is 59.7 Å². The molecular formula is C30H40I2N6O4. The van der Waals surface area contributed by atoms with Crippen LogP contribution in [-0.2, 0) is 13.1 Å². The minimum Gasteiger partial charge on any atom is -1.00 e. The number of phenols is 2. The summed E-state index contributed by atoms with van der Waals surface area (Å²) in [5, 5.41) is 28.3. The molecule has 0 spiro atoms. The largest absolute Gasteiger partial charge is 1.00 e.